The van der Waals surface area contributed by atoms with Gasteiger partial charge in [-0.2, -0.15) is 0 Å². The third-order valence-corrected chi connectivity index (χ3v) is 5.56. The Morgan fingerprint density at radius 2 is 1.78 bits per heavy atom. The van der Waals surface area contributed by atoms with E-state index < -0.39 is 5.25 Å². The molecule has 1 N–H and O–H groups in total. The number of aryl methyl sites for hydroxylation is 2. The van der Waals surface area contributed by atoms with Crippen LogP contribution in [0.5, 0.6) is 0 Å². The first-order chi connectivity index (χ1) is 12.8. The molecule has 3 amide bonds. The number of amides is 3. The highest BCUT2D eigenvalue weighted by Gasteiger charge is 2.40. The molecule has 27 heavy (non-hydrogen) atoms. The van der Waals surface area contributed by atoms with Crippen molar-refractivity contribution in [3.8, 4) is 0 Å². The van der Waals surface area contributed by atoms with E-state index in [9.17, 15) is 14.4 Å². The molecule has 2 aromatic carbocycles. The van der Waals surface area contributed by atoms with Gasteiger partial charge in [-0.1, -0.05) is 17.7 Å². The number of rotatable bonds is 5. The van der Waals surface area contributed by atoms with Gasteiger partial charge in [0.1, 0.15) is 0 Å². The van der Waals surface area contributed by atoms with Gasteiger partial charge in [-0.15, -0.1) is 11.8 Å². The molecule has 1 atom stereocenters. The highest BCUT2D eigenvalue weighted by atomic mass is 35.5. The molecular formula is C20H19ClN2O3S. The number of carbonyl (C=O) groups is 3. The van der Waals surface area contributed by atoms with E-state index in [1.165, 1.54) is 16.7 Å². The van der Waals surface area contributed by atoms with E-state index in [1.807, 2.05) is 32.0 Å². The van der Waals surface area contributed by atoms with Gasteiger partial charge in [0, 0.05) is 17.1 Å². The molecular weight excluding hydrogens is 384 g/mol. The maximum absolute atomic E-state index is 12.7. The second kappa shape index (κ2) is 8.15. The Kier molecular flexibility index (Phi) is 5.87. The summed E-state index contributed by atoms with van der Waals surface area (Å²) >= 11 is 7.00. The zero-order chi connectivity index (χ0) is 19.6. The summed E-state index contributed by atoms with van der Waals surface area (Å²) < 4.78 is 0. The van der Waals surface area contributed by atoms with Gasteiger partial charge in [-0.25, -0.2) is 4.90 Å². The molecule has 0 bridgehead atoms. The van der Waals surface area contributed by atoms with E-state index in [0.29, 0.717) is 16.4 Å². The summed E-state index contributed by atoms with van der Waals surface area (Å²) in [5.41, 5.74) is 3.21. The van der Waals surface area contributed by atoms with E-state index in [2.05, 4.69) is 5.32 Å². The lowest BCUT2D eigenvalue weighted by molar-refractivity contribution is -0.121. The molecule has 3 rings (SSSR count). The fourth-order valence-electron chi connectivity index (χ4n) is 2.99. The van der Waals surface area contributed by atoms with Gasteiger partial charge in [0.05, 0.1) is 16.7 Å². The Morgan fingerprint density at radius 1 is 1.15 bits per heavy atom. The molecule has 0 radical (unpaired) electrons. The van der Waals surface area contributed by atoms with Gasteiger partial charge in [0.2, 0.25) is 17.7 Å². The van der Waals surface area contributed by atoms with E-state index in [1.54, 1.807) is 24.3 Å². The largest absolute Gasteiger partial charge is 0.325 e. The third kappa shape index (κ3) is 4.70. The van der Waals surface area contributed by atoms with Crippen molar-refractivity contribution in [1.29, 1.82) is 0 Å². The lowest BCUT2D eigenvalue weighted by Crippen LogP contribution is -2.31. The summed E-state index contributed by atoms with van der Waals surface area (Å²) in [6.45, 7) is 3.85. The molecule has 5 nitrogen and oxygen atoms in total. The number of thioether (sulfide) groups is 1. The number of hydrogen-bond donors (Lipinski definition) is 1. The van der Waals surface area contributed by atoms with Crippen LogP contribution in [0.25, 0.3) is 0 Å². The molecule has 1 aliphatic rings. The molecule has 0 aromatic heterocycles. The monoisotopic (exact) mass is 402 g/mol. The fraction of sp³-hybridized carbons (Fsp3) is 0.250. The van der Waals surface area contributed by atoms with Crippen molar-refractivity contribution in [2.75, 3.05) is 16.0 Å². The highest BCUT2D eigenvalue weighted by Crippen LogP contribution is 2.30. The lowest BCUT2D eigenvalue weighted by Gasteiger charge is -2.16. The predicted molar refractivity (Wildman–Crippen MR) is 109 cm³/mol. The van der Waals surface area contributed by atoms with Crippen LogP contribution in [0.4, 0.5) is 11.4 Å². The molecule has 1 fully saturated rings. The van der Waals surface area contributed by atoms with Crippen molar-refractivity contribution in [3.63, 3.8) is 0 Å². The Morgan fingerprint density at radius 3 is 2.41 bits per heavy atom. The second-order valence-electron chi connectivity index (χ2n) is 6.47. The van der Waals surface area contributed by atoms with Gasteiger partial charge in [0.25, 0.3) is 0 Å². The molecule has 1 saturated heterocycles. The van der Waals surface area contributed by atoms with Crippen LogP contribution in [-0.2, 0) is 14.4 Å². The van der Waals surface area contributed by atoms with Crippen LogP contribution < -0.4 is 10.2 Å². The number of carbonyl (C=O) groups excluding carboxylic acids is 3. The summed E-state index contributed by atoms with van der Waals surface area (Å²) in [5.74, 6) is -0.644. The average Bonchev–Trinajstić information content (AvgIpc) is 2.88. The van der Waals surface area contributed by atoms with Crippen LogP contribution in [0, 0.1) is 13.8 Å². The lowest BCUT2D eigenvalue weighted by atomic mass is 10.1. The topological polar surface area (TPSA) is 66.5 Å². The quantitative estimate of drug-likeness (QED) is 0.768. The van der Waals surface area contributed by atoms with Crippen LogP contribution in [-0.4, -0.2) is 28.7 Å². The minimum Gasteiger partial charge on any atom is -0.325 e. The molecule has 1 heterocycles. The second-order valence-corrected chi connectivity index (χ2v) is 8.10. The standard InChI is InChI=1S/C20H19ClN2O3S/c1-12-7-13(2)9-16(8-12)23-19(25)10-17(20(23)26)27-11-18(24)22-15-5-3-14(21)4-6-15/h3-9,17H,10-11H2,1-2H3,(H,22,24)/t17-/m1/s1. The summed E-state index contributed by atoms with van der Waals surface area (Å²) in [5, 5.41) is 2.79. The zero-order valence-electron chi connectivity index (χ0n) is 15.0. The van der Waals surface area contributed by atoms with Gasteiger partial charge in [0.15, 0.2) is 0 Å². The first kappa shape index (κ1) is 19.5. The summed E-state index contributed by atoms with van der Waals surface area (Å²) in [4.78, 5) is 38.4. The van der Waals surface area contributed by atoms with Crippen molar-refractivity contribution in [2.24, 2.45) is 0 Å². The number of anilines is 2. The number of benzene rings is 2. The van der Waals surface area contributed by atoms with Crippen molar-refractivity contribution >= 4 is 52.5 Å². The third-order valence-electron chi connectivity index (χ3n) is 4.11. The maximum Gasteiger partial charge on any atom is 0.247 e. The maximum atomic E-state index is 12.7. The van der Waals surface area contributed by atoms with Gasteiger partial charge >= 0.3 is 0 Å². The van der Waals surface area contributed by atoms with Crippen molar-refractivity contribution in [2.45, 2.75) is 25.5 Å². The average molecular weight is 403 g/mol. The van der Waals surface area contributed by atoms with Gasteiger partial charge < -0.3 is 5.32 Å². The minimum atomic E-state index is -0.547. The van der Waals surface area contributed by atoms with Crippen LogP contribution >= 0.6 is 23.4 Å². The van der Waals surface area contributed by atoms with Crippen LogP contribution in [0.15, 0.2) is 42.5 Å². The number of nitrogens with one attached hydrogen (secondary N) is 1. The Bertz CT molecular complexity index is 878. The number of halogens is 1. The predicted octanol–water partition coefficient (Wildman–Crippen LogP) is 3.96. The van der Waals surface area contributed by atoms with Gasteiger partial charge in [-0.3, -0.25) is 14.4 Å². The van der Waals surface area contributed by atoms with Crippen molar-refractivity contribution < 1.29 is 14.4 Å². The van der Waals surface area contributed by atoms with E-state index in [4.69, 9.17) is 11.6 Å². The molecule has 0 saturated carbocycles. The molecule has 7 heteroatoms. The fourth-order valence-corrected chi connectivity index (χ4v) is 4.05. The first-order valence-electron chi connectivity index (χ1n) is 8.45. The van der Waals surface area contributed by atoms with E-state index in [0.717, 1.165) is 11.1 Å². The van der Waals surface area contributed by atoms with Crippen LogP contribution in [0.3, 0.4) is 0 Å². The number of hydrogen-bond acceptors (Lipinski definition) is 4. The summed E-state index contributed by atoms with van der Waals surface area (Å²) in [6, 6.07) is 12.4. The summed E-state index contributed by atoms with van der Waals surface area (Å²) in [7, 11) is 0. The van der Waals surface area contributed by atoms with E-state index in [-0.39, 0.29) is 29.9 Å². The molecule has 140 valence electrons. The summed E-state index contributed by atoms with van der Waals surface area (Å²) in [6.07, 6.45) is 0.102. The Hall–Kier alpha value is -2.31. The Labute approximate surface area is 167 Å². The zero-order valence-corrected chi connectivity index (χ0v) is 16.6. The number of imide groups is 1. The molecule has 2 aromatic rings. The Balaban J connectivity index is 1.61. The number of nitrogens with zero attached hydrogens (tertiary/aromatic N) is 1. The van der Waals surface area contributed by atoms with Crippen LogP contribution in [0.2, 0.25) is 5.02 Å². The highest BCUT2D eigenvalue weighted by molar-refractivity contribution is 8.01. The first-order valence-corrected chi connectivity index (χ1v) is 9.88. The van der Waals surface area contributed by atoms with Crippen molar-refractivity contribution in [1.82, 2.24) is 0 Å². The molecule has 1 aliphatic heterocycles. The SMILES string of the molecule is Cc1cc(C)cc(N2C(=O)C[C@@H](SCC(=O)Nc3ccc(Cl)cc3)C2=O)c1. The molecule has 0 spiro atoms. The molecule has 0 aliphatic carbocycles. The van der Waals surface area contributed by atoms with Crippen molar-refractivity contribution in [3.05, 3.63) is 58.6 Å². The normalized spacial score (nSPS) is 16.7. The smallest absolute Gasteiger partial charge is 0.247 e. The minimum absolute atomic E-state index is 0.0903. The molecule has 0 unspecified atom stereocenters. The van der Waals surface area contributed by atoms with E-state index >= 15 is 0 Å². The van der Waals surface area contributed by atoms with Gasteiger partial charge in [-0.05, 0) is 61.4 Å². The van der Waals surface area contributed by atoms with Crippen LogP contribution in [0.1, 0.15) is 17.5 Å².